The summed E-state index contributed by atoms with van der Waals surface area (Å²) >= 11 is 5.81. The smallest absolute Gasteiger partial charge is 0.331 e. The van der Waals surface area contributed by atoms with Gasteiger partial charge in [-0.1, -0.05) is 37.1 Å². The maximum Gasteiger partial charge on any atom is 0.331 e. The standard InChI is InChI=1S/C12H13ClO2/c1-2-4-10(12(14)15)7-9-5-3-6-11(13)8-9/h3,5-8H,2,4H2,1H3,(H,14,15). The largest absolute Gasteiger partial charge is 0.478 e. The highest BCUT2D eigenvalue weighted by molar-refractivity contribution is 6.30. The van der Waals surface area contributed by atoms with Gasteiger partial charge in [-0.2, -0.15) is 0 Å². The van der Waals surface area contributed by atoms with Gasteiger partial charge in [0.05, 0.1) is 0 Å². The van der Waals surface area contributed by atoms with Gasteiger partial charge in [0.2, 0.25) is 0 Å². The van der Waals surface area contributed by atoms with Gasteiger partial charge in [0.25, 0.3) is 0 Å². The van der Waals surface area contributed by atoms with Gasteiger partial charge in [0.15, 0.2) is 0 Å². The molecule has 0 bridgehead atoms. The Bertz CT molecular complexity index is 383. The van der Waals surface area contributed by atoms with Crippen molar-refractivity contribution in [3.05, 3.63) is 40.4 Å². The highest BCUT2D eigenvalue weighted by atomic mass is 35.5. The predicted molar refractivity (Wildman–Crippen MR) is 62.0 cm³/mol. The summed E-state index contributed by atoms with van der Waals surface area (Å²) in [5.41, 5.74) is 1.24. The maximum absolute atomic E-state index is 10.9. The summed E-state index contributed by atoms with van der Waals surface area (Å²) < 4.78 is 0. The van der Waals surface area contributed by atoms with Crippen LogP contribution in [-0.2, 0) is 4.79 Å². The molecule has 1 aromatic carbocycles. The number of carbonyl (C=O) groups is 1. The quantitative estimate of drug-likeness (QED) is 0.794. The first-order valence-electron chi connectivity index (χ1n) is 4.83. The SMILES string of the molecule is CCCC(=Cc1cccc(Cl)c1)C(=O)O. The summed E-state index contributed by atoms with van der Waals surface area (Å²) in [5, 5.41) is 9.55. The van der Waals surface area contributed by atoms with Crippen molar-refractivity contribution >= 4 is 23.6 Å². The van der Waals surface area contributed by atoms with E-state index in [0.717, 1.165) is 12.0 Å². The van der Waals surface area contributed by atoms with Crippen molar-refractivity contribution in [1.82, 2.24) is 0 Å². The Kier molecular flexibility index (Phi) is 4.37. The molecule has 1 rings (SSSR count). The van der Waals surface area contributed by atoms with E-state index in [-0.39, 0.29) is 0 Å². The highest BCUT2D eigenvalue weighted by Gasteiger charge is 2.05. The first-order valence-corrected chi connectivity index (χ1v) is 5.20. The van der Waals surface area contributed by atoms with E-state index in [1.54, 1.807) is 24.3 Å². The van der Waals surface area contributed by atoms with Crippen LogP contribution in [0.5, 0.6) is 0 Å². The lowest BCUT2D eigenvalue weighted by Crippen LogP contribution is -1.99. The average molecular weight is 225 g/mol. The Morgan fingerprint density at radius 3 is 2.80 bits per heavy atom. The predicted octanol–water partition coefficient (Wildman–Crippen LogP) is 3.61. The molecule has 15 heavy (non-hydrogen) atoms. The van der Waals surface area contributed by atoms with Crippen LogP contribution < -0.4 is 0 Å². The second kappa shape index (κ2) is 5.56. The van der Waals surface area contributed by atoms with Gasteiger partial charge in [-0.05, 0) is 30.2 Å². The van der Waals surface area contributed by atoms with E-state index < -0.39 is 5.97 Å². The van der Waals surface area contributed by atoms with Crippen LogP contribution in [0.25, 0.3) is 6.08 Å². The molecule has 2 nitrogen and oxygen atoms in total. The van der Waals surface area contributed by atoms with E-state index in [4.69, 9.17) is 16.7 Å². The molecule has 0 amide bonds. The van der Waals surface area contributed by atoms with E-state index in [0.29, 0.717) is 17.0 Å². The molecule has 0 atom stereocenters. The number of carboxylic acids is 1. The minimum Gasteiger partial charge on any atom is -0.478 e. The Morgan fingerprint density at radius 1 is 1.53 bits per heavy atom. The zero-order valence-corrected chi connectivity index (χ0v) is 9.29. The summed E-state index contributed by atoms with van der Waals surface area (Å²) in [6.45, 7) is 1.95. The third kappa shape index (κ3) is 3.76. The summed E-state index contributed by atoms with van der Waals surface area (Å²) in [4.78, 5) is 10.9. The van der Waals surface area contributed by atoms with Crippen molar-refractivity contribution in [1.29, 1.82) is 0 Å². The van der Waals surface area contributed by atoms with Gasteiger partial charge in [-0.15, -0.1) is 0 Å². The van der Waals surface area contributed by atoms with Gasteiger partial charge in [-0.25, -0.2) is 4.79 Å². The third-order valence-electron chi connectivity index (χ3n) is 1.98. The van der Waals surface area contributed by atoms with Crippen molar-refractivity contribution in [3.63, 3.8) is 0 Å². The molecule has 1 aromatic rings. The Balaban J connectivity index is 2.96. The third-order valence-corrected chi connectivity index (χ3v) is 2.22. The second-order valence-electron chi connectivity index (χ2n) is 3.28. The van der Waals surface area contributed by atoms with Gasteiger partial charge in [0, 0.05) is 10.6 Å². The van der Waals surface area contributed by atoms with E-state index in [2.05, 4.69) is 0 Å². The number of hydrogen-bond acceptors (Lipinski definition) is 1. The summed E-state index contributed by atoms with van der Waals surface area (Å²) in [5.74, 6) is -0.864. The van der Waals surface area contributed by atoms with Gasteiger partial charge >= 0.3 is 5.97 Å². The average Bonchev–Trinajstić information content (AvgIpc) is 2.17. The lowest BCUT2D eigenvalue weighted by Gasteiger charge is -2.00. The Hall–Kier alpha value is -1.28. The molecule has 0 aliphatic carbocycles. The lowest BCUT2D eigenvalue weighted by molar-refractivity contribution is -0.132. The van der Waals surface area contributed by atoms with Gasteiger partial charge in [-0.3, -0.25) is 0 Å². The van der Waals surface area contributed by atoms with Crippen molar-refractivity contribution < 1.29 is 9.90 Å². The molecular weight excluding hydrogens is 212 g/mol. The van der Waals surface area contributed by atoms with Crippen LogP contribution in [0, 0.1) is 0 Å². The molecule has 0 saturated heterocycles. The first kappa shape index (κ1) is 11.8. The van der Waals surface area contributed by atoms with E-state index in [9.17, 15) is 4.79 Å². The number of aliphatic carboxylic acids is 1. The topological polar surface area (TPSA) is 37.3 Å². The van der Waals surface area contributed by atoms with Gasteiger partial charge in [0.1, 0.15) is 0 Å². The first-order chi connectivity index (χ1) is 7.13. The molecule has 0 spiro atoms. The van der Waals surface area contributed by atoms with Crippen molar-refractivity contribution in [2.45, 2.75) is 19.8 Å². The summed E-state index contributed by atoms with van der Waals surface area (Å²) in [6.07, 6.45) is 3.05. The van der Waals surface area contributed by atoms with Crippen LogP contribution in [0.1, 0.15) is 25.3 Å². The van der Waals surface area contributed by atoms with Crippen molar-refractivity contribution in [2.75, 3.05) is 0 Å². The molecular formula is C12H13ClO2. The fourth-order valence-corrected chi connectivity index (χ4v) is 1.51. The van der Waals surface area contributed by atoms with Crippen LogP contribution in [0.2, 0.25) is 5.02 Å². The zero-order chi connectivity index (χ0) is 11.3. The highest BCUT2D eigenvalue weighted by Crippen LogP contribution is 2.16. The second-order valence-corrected chi connectivity index (χ2v) is 3.72. The number of hydrogen-bond donors (Lipinski definition) is 1. The molecule has 0 aliphatic rings. The monoisotopic (exact) mass is 224 g/mol. The van der Waals surface area contributed by atoms with E-state index in [1.165, 1.54) is 0 Å². The molecule has 0 heterocycles. The fourth-order valence-electron chi connectivity index (χ4n) is 1.31. The minimum atomic E-state index is -0.864. The molecule has 3 heteroatoms. The molecule has 0 saturated carbocycles. The minimum absolute atomic E-state index is 0.416. The maximum atomic E-state index is 10.9. The van der Waals surface area contributed by atoms with E-state index in [1.807, 2.05) is 13.0 Å². The van der Waals surface area contributed by atoms with Crippen molar-refractivity contribution in [3.8, 4) is 0 Å². The van der Waals surface area contributed by atoms with Crippen LogP contribution in [0.4, 0.5) is 0 Å². The van der Waals surface area contributed by atoms with Crippen LogP contribution in [-0.4, -0.2) is 11.1 Å². The van der Waals surface area contributed by atoms with Gasteiger partial charge < -0.3 is 5.11 Å². The molecule has 1 N–H and O–H groups in total. The molecule has 0 fully saturated rings. The number of halogens is 1. The van der Waals surface area contributed by atoms with Crippen LogP contribution >= 0.6 is 11.6 Å². The van der Waals surface area contributed by atoms with Crippen LogP contribution in [0.15, 0.2) is 29.8 Å². The lowest BCUT2D eigenvalue weighted by atomic mass is 10.1. The number of rotatable bonds is 4. The van der Waals surface area contributed by atoms with E-state index >= 15 is 0 Å². The zero-order valence-electron chi connectivity index (χ0n) is 8.53. The Morgan fingerprint density at radius 2 is 2.27 bits per heavy atom. The Labute approximate surface area is 94.2 Å². The molecule has 0 aliphatic heterocycles. The number of carboxylic acid groups (broad SMARTS) is 1. The molecule has 0 radical (unpaired) electrons. The van der Waals surface area contributed by atoms with Crippen molar-refractivity contribution in [2.24, 2.45) is 0 Å². The summed E-state index contributed by atoms with van der Waals surface area (Å²) in [6, 6.07) is 7.16. The summed E-state index contributed by atoms with van der Waals surface area (Å²) in [7, 11) is 0. The molecule has 80 valence electrons. The number of benzene rings is 1. The normalized spacial score (nSPS) is 11.5. The molecule has 0 unspecified atom stereocenters. The fraction of sp³-hybridized carbons (Fsp3) is 0.250. The molecule has 0 aromatic heterocycles. The van der Waals surface area contributed by atoms with Crippen LogP contribution in [0.3, 0.4) is 0 Å².